The van der Waals surface area contributed by atoms with E-state index in [1.54, 1.807) is 20.3 Å². The van der Waals surface area contributed by atoms with Crippen LogP contribution in [0.3, 0.4) is 0 Å². The average molecular weight is 407 g/mol. The Kier molecular flexibility index (Phi) is 5.71. The zero-order valence-corrected chi connectivity index (χ0v) is 16.4. The molecule has 0 bridgehead atoms. The summed E-state index contributed by atoms with van der Waals surface area (Å²) in [5, 5.41) is 11.2. The average Bonchev–Trinajstić information content (AvgIpc) is 2.73. The highest BCUT2D eigenvalue weighted by atomic mass is 32.2. The molecule has 0 radical (unpaired) electrons. The number of sulfonamides is 1. The smallest absolute Gasteiger partial charge is 0.289 e. The third kappa shape index (κ3) is 3.73. The molecule has 9 nitrogen and oxygen atoms in total. The second kappa shape index (κ2) is 8.03. The minimum atomic E-state index is -3.96. The molecule has 0 aliphatic carbocycles. The van der Waals surface area contributed by atoms with E-state index in [1.165, 1.54) is 28.6 Å². The van der Waals surface area contributed by atoms with Crippen molar-refractivity contribution in [1.29, 1.82) is 0 Å². The van der Waals surface area contributed by atoms with Gasteiger partial charge >= 0.3 is 0 Å². The first-order chi connectivity index (χ1) is 13.4. The van der Waals surface area contributed by atoms with Gasteiger partial charge in [0.25, 0.3) is 5.69 Å². The van der Waals surface area contributed by atoms with Gasteiger partial charge in [0.1, 0.15) is 11.5 Å². The SMILES string of the molecule is COc1ccc(N2CCN(S(=O)(=O)c3ccccc3[N+](=O)[O-])CC2)c(OC)c1. The molecule has 10 heteroatoms. The van der Waals surface area contributed by atoms with E-state index in [9.17, 15) is 18.5 Å². The molecule has 0 aromatic heterocycles. The summed E-state index contributed by atoms with van der Waals surface area (Å²) in [6.07, 6.45) is 0. The molecule has 0 spiro atoms. The first kappa shape index (κ1) is 19.9. The summed E-state index contributed by atoms with van der Waals surface area (Å²) in [5.74, 6) is 1.30. The molecule has 150 valence electrons. The Morgan fingerprint density at radius 3 is 2.29 bits per heavy atom. The summed E-state index contributed by atoms with van der Waals surface area (Å²) in [6, 6.07) is 10.9. The lowest BCUT2D eigenvalue weighted by Crippen LogP contribution is -2.48. The van der Waals surface area contributed by atoms with E-state index in [0.29, 0.717) is 24.6 Å². The van der Waals surface area contributed by atoms with Crippen LogP contribution >= 0.6 is 0 Å². The van der Waals surface area contributed by atoms with Crippen molar-refractivity contribution < 1.29 is 22.8 Å². The van der Waals surface area contributed by atoms with Crippen LogP contribution in [0.5, 0.6) is 11.5 Å². The van der Waals surface area contributed by atoms with E-state index < -0.39 is 20.6 Å². The van der Waals surface area contributed by atoms with E-state index in [0.717, 1.165) is 5.69 Å². The first-order valence-electron chi connectivity index (χ1n) is 8.59. The third-order valence-electron chi connectivity index (χ3n) is 4.65. The van der Waals surface area contributed by atoms with Gasteiger partial charge in [0.05, 0.1) is 24.8 Å². The molecule has 1 aliphatic rings. The van der Waals surface area contributed by atoms with Crippen molar-refractivity contribution in [2.45, 2.75) is 4.90 Å². The molecule has 3 rings (SSSR count). The molecule has 0 saturated carbocycles. The highest BCUT2D eigenvalue weighted by Gasteiger charge is 2.33. The monoisotopic (exact) mass is 407 g/mol. The molecule has 1 fully saturated rings. The number of rotatable bonds is 6. The van der Waals surface area contributed by atoms with Gasteiger partial charge in [0.15, 0.2) is 4.90 Å². The van der Waals surface area contributed by atoms with Crippen molar-refractivity contribution in [2.75, 3.05) is 45.3 Å². The third-order valence-corrected chi connectivity index (χ3v) is 6.59. The number of nitrogens with zero attached hydrogens (tertiary/aromatic N) is 3. The fourth-order valence-corrected chi connectivity index (χ4v) is 4.76. The number of piperazine rings is 1. The van der Waals surface area contributed by atoms with Crippen LogP contribution in [0.4, 0.5) is 11.4 Å². The highest BCUT2D eigenvalue weighted by molar-refractivity contribution is 7.89. The Balaban J connectivity index is 1.80. The lowest BCUT2D eigenvalue weighted by atomic mass is 10.2. The van der Waals surface area contributed by atoms with Gasteiger partial charge in [-0.2, -0.15) is 4.31 Å². The van der Waals surface area contributed by atoms with Crippen LogP contribution in [-0.4, -0.2) is 58.0 Å². The number of benzene rings is 2. The van der Waals surface area contributed by atoms with Crippen molar-refractivity contribution >= 4 is 21.4 Å². The zero-order chi connectivity index (χ0) is 20.3. The molecular formula is C18H21N3O6S. The van der Waals surface area contributed by atoms with E-state index in [2.05, 4.69) is 0 Å². The van der Waals surface area contributed by atoms with Crippen molar-refractivity contribution in [3.8, 4) is 11.5 Å². The maximum absolute atomic E-state index is 12.9. The van der Waals surface area contributed by atoms with Gasteiger partial charge in [0.2, 0.25) is 10.0 Å². The summed E-state index contributed by atoms with van der Waals surface area (Å²) < 4.78 is 37.7. The summed E-state index contributed by atoms with van der Waals surface area (Å²) >= 11 is 0. The molecule has 28 heavy (non-hydrogen) atoms. The number of methoxy groups -OCH3 is 2. The normalized spacial score (nSPS) is 15.3. The molecular weight excluding hydrogens is 386 g/mol. The largest absolute Gasteiger partial charge is 0.497 e. The molecule has 1 heterocycles. The Labute approximate surface area is 163 Å². The molecule has 0 atom stereocenters. The summed E-state index contributed by atoms with van der Waals surface area (Å²) in [4.78, 5) is 12.3. The van der Waals surface area contributed by atoms with Gasteiger partial charge in [-0.3, -0.25) is 10.1 Å². The van der Waals surface area contributed by atoms with Crippen LogP contribution in [0.2, 0.25) is 0 Å². The predicted octanol–water partition coefficient (Wildman–Crippen LogP) is 2.12. The van der Waals surface area contributed by atoms with Gasteiger partial charge in [-0.15, -0.1) is 0 Å². The van der Waals surface area contributed by atoms with Crippen molar-refractivity contribution in [1.82, 2.24) is 4.31 Å². The van der Waals surface area contributed by atoms with Crippen LogP contribution in [0.1, 0.15) is 0 Å². The van der Waals surface area contributed by atoms with Gasteiger partial charge in [-0.25, -0.2) is 8.42 Å². The predicted molar refractivity (Wildman–Crippen MR) is 104 cm³/mol. The van der Waals surface area contributed by atoms with E-state index in [1.807, 2.05) is 17.0 Å². The molecule has 1 aliphatic heterocycles. The number of hydrogen-bond donors (Lipinski definition) is 0. The highest BCUT2D eigenvalue weighted by Crippen LogP contribution is 2.34. The molecule has 0 amide bonds. The van der Waals surface area contributed by atoms with E-state index in [-0.39, 0.29) is 18.0 Å². The Morgan fingerprint density at radius 2 is 1.68 bits per heavy atom. The quantitative estimate of drug-likeness (QED) is 0.534. The van der Waals surface area contributed by atoms with Gasteiger partial charge < -0.3 is 14.4 Å². The van der Waals surface area contributed by atoms with Gasteiger partial charge in [-0.1, -0.05) is 12.1 Å². The zero-order valence-electron chi connectivity index (χ0n) is 15.6. The lowest BCUT2D eigenvalue weighted by Gasteiger charge is -2.35. The maximum Gasteiger partial charge on any atom is 0.289 e. The second-order valence-electron chi connectivity index (χ2n) is 6.15. The lowest BCUT2D eigenvalue weighted by molar-refractivity contribution is -0.387. The van der Waals surface area contributed by atoms with Crippen molar-refractivity contribution in [3.05, 3.63) is 52.6 Å². The van der Waals surface area contributed by atoms with Crippen LogP contribution in [0, 0.1) is 10.1 Å². The summed E-state index contributed by atoms with van der Waals surface area (Å²) in [6.45, 7) is 1.29. The Morgan fingerprint density at radius 1 is 1.00 bits per heavy atom. The number of hydrogen-bond acceptors (Lipinski definition) is 7. The second-order valence-corrected chi connectivity index (χ2v) is 8.06. The first-order valence-corrected chi connectivity index (χ1v) is 10.0. The summed E-state index contributed by atoms with van der Waals surface area (Å²) in [5.41, 5.74) is 0.424. The number of anilines is 1. The number of nitro groups is 1. The topological polar surface area (TPSA) is 102 Å². The standard InChI is InChI=1S/C18H21N3O6S/c1-26-14-7-8-15(17(13-14)27-2)19-9-11-20(12-10-19)28(24,25)18-6-4-3-5-16(18)21(22)23/h3-8,13H,9-12H2,1-2H3. The van der Waals surface area contributed by atoms with Crippen molar-refractivity contribution in [3.63, 3.8) is 0 Å². The van der Waals surface area contributed by atoms with Gasteiger partial charge in [0, 0.05) is 38.3 Å². The number of para-hydroxylation sites is 1. The van der Waals surface area contributed by atoms with Crippen LogP contribution in [-0.2, 0) is 10.0 Å². The minimum absolute atomic E-state index is 0.212. The molecule has 2 aromatic rings. The Bertz CT molecular complexity index is 971. The molecule has 2 aromatic carbocycles. The molecule has 0 unspecified atom stereocenters. The Hall–Kier alpha value is -2.85. The summed E-state index contributed by atoms with van der Waals surface area (Å²) in [7, 11) is -0.823. The number of ether oxygens (including phenoxy) is 2. The van der Waals surface area contributed by atoms with Crippen LogP contribution < -0.4 is 14.4 Å². The van der Waals surface area contributed by atoms with Crippen LogP contribution in [0.15, 0.2) is 47.4 Å². The van der Waals surface area contributed by atoms with Gasteiger partial charge in [-0.05, 0) is 18.2 Å². The number of nitro benzene ring substituents is 1. The van der Waals surface area contributed by atoms with Crippen LogP contribution in [0.25, 0.3) is 0 Å². The molecule has 0 N–H and O–H groups in total. The maximum atomic E-state index is 12.9. The van der Waals surface area contributed by atoms with E-state index >= 15 is 0 Å². The molecule has 1 saturated heterocycles. The van der Waals surface area contributed by atoms with E-state index in [4.69, 9.17) is 9.47 Å². The fourth-order valence-electron chi connectivity index (χ4n) is 3.18. The fraction of sp³-hybridized carbons (Fsp3) is 0.333. The minimum Gasteiger partial charge on any atom is -0.497 e. The van der Waals surface area contributed by atoms with Crippen molar-refractivity contribution in [2.24, 2.45) is 0 Å².